The second-order valence-electron chi connectivity index (χ2n) is 12.8. The van der Waals surface area contributed by atoms with Gasteiger partial charge < -0.3 is 24.8 Å². The van der Waals surface area contributed by atoms with E-state index in [0.29, 0.717) is 44.3 Å². The second kappa shape index (κ2) is 13.7. The molecule has 0 bridgehead atoms. The van der Waals surface area contributed by atoms with Gasteiger partial charge in [0.25, 0.3) is 5.91 Å². The molecule has 4 amide bonds. The van der Waals surface area contributed by atoms with Gasteiger partial charge in [-0.15, -0.1) is 0 Å². The number of anilines is 1. The van der Waals surface area contributed by atoms with Crippen molar-refractivity contribution in [1.82, 2.24) is 20.0 Å². The molecule has 3 fully saturated rings. The maximum Gasteiger partial charge on any atom is 0.410 e. The Morgan fingerprint density at radius 1 is 0.933 bits per heavy atom. The van der Waals surface area contributed by atoms with Gasteiger partial charge in [0, 0.05) is 38.4 Å². The number of ether oxygens (including phenoxy) is 1. The highest BCUT2D eigenvalue weighted by Crippen LogP contribution is 2.33. The van der Waals surface area contributed by atoms with Gasteiger partial charge in [0.15, 0.2) is 5.78 Å². The zero-order chi connectivity index (χ0) is 32.2. The van der Waals surface area contributed by atoms with E-state index in [4.69, 9.17) is 4.74 Å². The summed E-state index contributed by atoms with van der Waals surface area (Å²) in [6.45, 7) is 4.66. The Hall–Kier alpha value is -4.41. The highest BCUT2D eigenvalue weighted by molar-refractivity contribution is 6.01. The van der Waals surface area contributed by atoms with E-state index in [9.17, 15) is 24.0 Å². The van der Waals surface area contributed by atoms with Crippen LogP contribution in [0.3, 0.4) is 0 Å². The number of hydrogen-bond acceptors (Lipinski definition) is 7. The number of ketones is 1. The van der Waals surface area contributed by atoms with Crippen molar-refractivity contribution in [2.24, 2.45) is 5.92 Å². The van der Waals surface area contributed by atoms with Crippen LogP contribution in [0.15, 0.2) is 54.6 Å². The summed E-state index contributed by atoms with van der Waals surface area (Å²) in [5, 5.41) is 2.91. The fourth-order valence-electron chi connectivity index (χ4n) is 6.64. The third kappa shape index (κ3) is 6.97. The quantitative estimate of drug-likeness (QED) is 0.459. The zero-order valence-electron chi connectivity index (χ0n) is 26.5. The van der Waals surface area contributed by atoms with Crippen LogP contribution in [0.5, 0.6) is 0 Å². The zero-order valence-corrected chi connectivity index (χ0v) is 26.5. The van der Waals surface area contributed by atoms with Gasteiger partial charge >= 0.3 is 6.09 Å². The van der Waals surface area contributed by atoms with Crippen molar-refractivity contribution < 1.29 is 28.7 Å². The number of nitrogens with zero attached hydrogens (tertiary/aromatic N) is 4. The van der Waals surface area contributed by atoms with Crippen LogP contribution in [-0.4, -0.2) is 102 Å². The lowest BCUT2D eigenvalue weighted by molar-refractivity contribution is -0.138. The summed E-state index contributed by atoms with van der Waals surface area (Å²) < 4.78 is 5.51. The van der Waals surface area contributed by atoms with Gasteiger partial charge in [-0.3, -0.25) is 24.1 Å². The van der Waals surface area contributed by atoms with Gasteiger partial charge in [0.2, 0.25) is 11.8 Å². The molecule has 3 aliphatic heterocycles. The number of carbonyl (C=O) groups excluding carboxylic acids is 5. The Kier molecular flexibility index (Phi) is 9.74. The molecule has 240 valence electrons. The van der Waals surface area contributed by atoms with Gasteiger partial charge in [0.1, 0.15) is 24.7 Å². The van der Waals surface area contributed by atoms with Crippen LogP contribution in [0, 0.1) is 5.92 Å². The van der Waals surface area contributed by atoms with E-state index in [0.717, 1.165) is 11.3 Å². The van der Waals surface area contributed by atoms with E-state index >= 15 is 0 Å². The minimum absolute atomic E-state index is 0.108. The summed E-state index contributed by atoms with van der Waals surface area (Å²) in [6.07, 6.45) is 1.46. The van der Waals surface area contributed by atoms with Crippen LogP contribution < -0.4 is 10.2 Å². The van der Waals surface area contributed by atoms with Gasteiger partial charge in [-0.25, -0.2) is 4.79 Å². The molecule has 3 saturated heterocycles. The van der Waals surface area contributed by atoms with Gasteiger partial charge in [-0.2, -0.15) is 0 Å². The lowest BCUT2D eigenvalue weighted by atomic mass is 10.0. The molecule has 45 heavy (non-hydrogen) atoms. The summed E-state index contributed by atoms with van der Waals surface area (Å²) in [4.78, 5) is 73.7. The molecule has 3 aliphatic rings. The highest BCUT2D eigenvalue weighted by atomic mass is 16.6. The minimum Gasteiger partial charge on any atom is -0.445 e. The van der Waals surface area contributed by atoms with Crippen LogP contribution in [-0.2, 0) is 25.7 Å². The number of hydrogen-bond donors (Lipinski definition) is 1. The molecule has 1 N–H and O–H groups in total. The van der Waals surface area contributed by atoms with E-state index in [1.54, 1.807) is 21.9 Å². The van der Waals surface area contributed by atoms with Gasteiger partial charge in [-0.05, 0) is 61.4 Å². The standard InChI is InChI=1S/C34H43N5O6/c1-22(2)19-26(35-31(41)24-12-14-25(15-13-24)36(3)4)32(42)38-18-16-27-30(38)29(40)20-39(27)33(43)28-11-8-17-37(28)34(44)45-21-23-9-6-5-7-10-23/h5-7,9-10,12-15,22,26-28,30H,8,11,16-21H2,1-4H3,(H,35,41)/t26-,27?,28+,30?/m0/s1. The molecule has 2 aromatic carbocycles. The van der Waals surface area contributed by atoms with E-state index in [-0.39, 0.29) is 42.6 Å². The van der Waals surface area contributed by atoms with E-state index in [2.05, 4.69) is 5.32 Å². The molecule has 2 unspecified atom stereocenters. The Morgan fingerprint density at radius 3 is 2.31 bits per heavy atom. The summed E-state index contributed by atoms with van der Waals surface area (Å²) in [7, 11) is 3.83. The van der Waals surface area contributed by atoms with E-state index < -0.39 is 30.3 Å². The number of carbonyl (C=O) groups is 5. The Labute approximate surface area is 264 Å². The first-order valence-electron chi connectivity index (χ1n) is 15.7. The third-order valence-corrected chi connectivity index (χ3v) is 8.92. The average molecular weight is 618 g/mol. The number of nitrogens with one attached hydrogen (secondary N) is 1. The average Bonchev–Trinajstić information content (AvgIpc) is 3.77. The fourth-order valence-corrected chi connectivity index (χ4v) is 6.64. The summed E-state index contributed by atoms with van der Waals surface area (Å²) in [6, 6.07) is 13.7. The SMILES string of the molecule is CC(C)C[C@H](NC(=O)c1ccc(N(C)C)cc1)C(=O)N1CCC2C1C(=O)CN2C(=O)[C@H]1CCCN1C(=O)OCc1ccccc1. The Morgan fingerprint density at radius 2 is 1.64 bits per heavy atom. The summed E-state index contributed by atoms with van der Waals surface area (Å²) >= 11 is 0. The molecule has 0 saturated carbocycles. The van der Waals surface area contributed by atoms with E-state index in [1.165, 1.54) is 4.90 Å². The Balaban J connectivity index is 1.25. The van der Waals surface area contributed by atoms with Crippen molar-refractivity contribution >= 4 is 35.3 Å². The van der Waals surface area contributed by atoms with Crippen molar-refractivity contribution in [2.45, 2.75) is 70.3 Å². The summed E-state index contributed by atoms with van der Waals surface area (Å²) in [5.74, 6) is -1.05. The van der Waals surface area contributed by atoms with Crippen molar-refractivity contribution in [3.63, 3.8) is 0 Å². The highest BCUT2D eigenvalue weighted by Gasteiger charge is 2.54. The Bertz CT molecular complexity index is 1410. The molecule has 0 radical (unpaired) electrons. The molecule has 0 spiro atoms. The normalized spacial score (nSPS) is 21.6. The molecular formula is C34H43N5O6. The fraction of sp³-hybridized carbons (Fsp3) is 0.500. The predicted molar refractivity (Wildman–Crippen MR) is 168 cm³/mol. The lowest BCUT2D eigenvalue weighted by Crippen LogP contribution is -2.53. The largest absolute Gasteiger partial charge is 0.445 e. The maximum atomic E-state index is 13.9. The lowest BCUT2D eigenvalue weighted by Gasteiger charge is -2.31. The van der Waals surface area contributed by atoms with Crippen molar-refractivity contribution in [3.05, 3.63) is 65.7 Å². The molecule has 5 rings (SSSR count). The topological polar surface area (TPSA) is 120 Å². The molecule has 2 aromatic rings. The van der Waals surface area contributed by atoms with Crippen LogP contribution in [0.2, 0.25) is 0 Å². The third-order valence-electron chi connectivity index (χ3n) is 8.92. The van der Waals surface area contributed by atoms with Gasteiger partial charge in [-0.1, -0.05) is 44.2 Å². The number of Topliss-reactive ketones (excluding diaryl/α,β-unsaturated/α-hetero) is 1. The van der Waals surface area contributed by atoms with Crippen LogP contribution in [0.4, 0.5) is 10.5 Å². The van der Waals surface area contributed by atoms with Crippen LogP contribution in [0.25, 0.3) is 0 Å². The predicted octanol–water partition coefficient (Wildman–Crippen LogP) is 3.08. The number of fused-ring (bicyclic) bond motifs is 1. The minimum atomic E-state index is -0.813. The number of benzene rings is 2. The molecular weight excluding hydrogens is 574 g/mol. The monoisotopic (exact) mass is 617 g/mol. The molecule has 3 heterocycles. The molecule has 11 heteroatoms. The first-order valence-corrected chi connectivity index (χ1v) is 15.7. The second-order valence-corrected chi connectivity index (χ2v) is 12.8. The maximum absolute atomic E-state index is 13.9. The molecule has 0 aromatic heterocycles. The smallest absolute Gasteiger partial charge is 0.410 e. The van der Waals surface area contributed by atoms with Crippen molar-refractivity contribution in [2.75, 3.05) is 38.6 Å². The number of likely N-dealkylation sites (tertiary alicyclic amines) is 3. The first kappa shape index (κ1) is 32.0. The van der Waals surface area contributed by atoms with Crippen LogP contribution >= 0.6 is 0 Å². The first-order chi connectivity index (χ1) is 21.5. The number of rotatable bonds is 9. The van der Waals surface area contributed by atoms with Crippen molar-refractivity contribution in [3.8, 4) is 0 Å². The van der Waals surface area contributed by atoms with Gasteiger partial charge in [0.05, 0.1) is 12.6 Å². The molecule has 11 nitrogen and oxygen atoms in total. The molecule has 0 aliphatic carbocycles. The van der Waals surface area contributed by atoms with Crippen molar-refractivity contribution in [1.29, 1.82) is 0 Å². The summed E-state index contributed by atoms with van der Waals surface area (Å²) in [5.41, 5.74) is 2.25. The van der Waals surface area contributed by atoms with Crippen LogP contribution in [0.1, 0.15) is 55.5 Å². The van der Waals surface area contributed by atoms with E-state index in [1.807, 2.05) is 75.3 Å². The number of amides is 4. The molecule has 4 atom stereocenters.